The third kappa shape index (κ3) is 3.76. The second kappa shape index (κ2) is 6.99. The van der Waals surface area contributed by atoms with Crippen LogP contribution in [0.4, 0.5) is 17.6 Å². The minimum Gasteiger partial charge on any atom is -0.479 e. The molecule has 1 aromatic carbocycles. The highest BCUT2D eigenvalue weighted by molar-refractivity contribution is 9.10. The van der Waals surface area contributed by atoms with Gasteiger partial charge in [-0.2, -0.15) is 13.2 Å². The van der Waals surface area contributed by atoms with E-state index in [1.165, 1.54) is 19.1 Å². The van der Waals surface area contributed by atoms with Crippen molar-refractivity contribution in [1.29, 1.82) is 0 Å². The molecule has 2 aromatic rings. The van der Waals surface area contributed by atoms with Crippen LogP contribution in [0.3, 0.4) is 0 Å². The molecule has 0 amide bonds. The Hall–Kier alpha value is -2.16. The SMILES string of the molecule is CCc1c(C(F)(F)F)ccn(C(C(=O)O)c2cc(Br)ccc2F)c1=O. The van der Waals surface area contributed by atoms with E-state index in [0.29, 0.717) is 15.1 Å². The topological polar surface area (TPSA) is 59.3 Å². The first-order valence-corrected chi connectivity index (χ1v) is 7.86. The lowest BCUT2D eigenvalue weighted by atomic mass is 10.0. The number of aliphatic carboxylic acids is 1. The van der Waals surface area contributed by atoms with Gasteiger partial charge in [0.05, 0.1) is 5.56 Å². The zero-order valence-corrected chi connectivity index (χ0v) is 14.4. The van der Waals surface area contributed by atoms with Crippen molar-refractivity contribution < 1.29 is 27.5 Å². The number of carboxylic acid groups (broad SMARTS) is 1. The molecule has 1 N–H and O–H groups in total. The van der Waals surface area contributed by atoms with E-state index in [0.717, 1.165) is 12.3 Å². The smallest absolute Gasteiger partial charge is 0.416 e. The fourth-order valence-electron chi connectivity index (χ4n) is 2.53. The summed E-state index contributed by atoms with van der Waals surface area (Å²) in [5.74, 6) is -2.46. The minimum absolute atomic E-state index is 0.248. The predicted molar refractivity (Wildman–Crippen MR) is 85.0 cm³/mol. The normalized spacial score (nSPS) is 12.9. The number of alkyl halides is 3. The Morgan fingerprint density at radius 1 is 1.32 bits per heavy atom. The van der Waals surface area contributed by atoms with Gasteiger partial charge < -0.3 is 5.11 Å². The molecule has 0 aliphatic heterocycles. The summed E-state index contributed by atoms with van der Waals surface area (Å²) in [7, 11) is 0. The number of aromatic nitrogens is 1. The summed E-state index contributed by atoms with van der Waals surface area (Å²) >= 11 is 3.07. The van der Waals surface area contributed by atoms with Gasteiger partial charge in [0.1, 0.15) is 5.82 Å². The Morgan fingerprint density at radius 2 is 1.96 bits per heavy atom. The van der Waals surface area contributed by atoms with Crippen LogP contribution in [-0.2, 0) is 17.4 Å². The number of carboxylic acids is 1. The number of benzene rings is 1. The molecule has 0 saturated heterocycles. The molecule has 2 rings (SSSR count). The number of halogens is 5. The summed E-state index contributed by atoms with van der Waals surface area (Å²) in [6.07, 6.45) is -4.27. The molecule has 0 radical (unpaired) electrons. The van der Waals surface area contributed by atoms with Gasteiger partial charge in [0.15, 0.2) is 6.04 Å². The second-order valence-electron chi connectivity index (χ2n) is 5.18. The van der Waals surface area contributed by atoms with Gasteiger partial charge >= 0.3 is 12.1 Å². The zero-order chi connectivity index (χ0) is 18.9. The summed E-state index contributed by atoms with van der Waals surface area (Å²) in [5, 5.41) is 9.45. The molecule has 0 saturated carbocycles. The van der Waals surface area contributed by atoms with Crippen LogP contribution < -0.4 is 5.56 Å². The summed E-state index contributed by atoms with van der Waals surface area (Å²) in [4.78, 5) is 24.1. The number of rotatable bonds is 4. The fraction of sp³-hybridized carbons (Fsp3) is 0.250. The van der Waals surface area contributed by atoms with Crippen molar-refractivity contribution in [1.82, 2.24) is 4.57 Å². The van der Waals surface area contributed by atoms with Crippen LogP contribution in [0.15, 0.2) is 39.7 Å². The van der Waals surface area contributed by atoms with Crippen LogP contribution in [0.5, 0.6) is 0 Å². The molecule has 1 unspecified atom stereocenters. The average Bonchev–Trinajstić information content (AvgIpc) is 2.50. The summed E-state index contributed by atoms with van der Waals surface area (Å²) in [6.45, 7) is 1.35. The van der Waals surface area contributed by atoms with Gasteiger partial charge in [-0.3, -0.25) is 9.36 Å². The molecule has 0 bridgehead atoms. The van der Waals surface area contributed by atoms with Crippen LogP contribution in [0.1, 0.15) is 29.7 Å². The van der Waals surface area contributed by atoms with Crippen molar-refractivity contribution >= 4 is 21.9 Å². The second-order valence-corrected chi connectivity index (χ2v) is 6.09. The van der Waals surface area contributed by atoms with E-state index in [-0.39, 0.29) is 12.0 Å². The van der Waals surface area contributed by atoms with Crippen molar-refractivity contribution in [3.05, 3.63) is 67.8 Å². The van der Waals surface area contributed by atoms with Gasteiger partial charge in [-0.15, -0.1) is 0 Å². The zero-order valence-electron chi connectivity index (χ0n) is 12.8. The highest BCUT2D eigenvalue weighted by atomic mass is 79.9. The lowest BCUT2D eigenvalue weighted by Gasteiger charge is -2.20. The minimum atomic E-state index is -4.75. The maximum absolute atomic E-state index is 14.1. The fourth-order valence-corrected chi connectivity index (χ4v) is 2.91. The van der Waals surface area contributed by atoms with E-state index in [1.54, 1.807) is 0 Å². The largest absolute Gasteiger partial charge is 0.479 e. The summed E-state index contributed by atoms with van der Waals surface area (Å²) < 4.78 is 54.1. The van der Waals surface area contributed by atoms with Crippen LogP contribution in [0.2, 0.25) is 0 Å². The molecular formula is C16H12BrF4NO3. The molecule has 1 aromatic heterocycles. The maximum Gasteiger partial charge on any atom is 0.416 e. The number of hydrogen-bond donors (Lipinski definition) is 1. The van der Waals surface area contributed by atoms with Gasteiger partial charge in [-0.1, -0.05) is 22.9 Å². The average molecular weight is 422 g/mol. The van der Waals surface area contributed by atoms with Gasteiger partial charge in [0, 0.05) is 21.8 Å². The number of nitrogens with zero attached hydrogens (tertiary/aromatic N) is 1. The third-order valence-electron chi connectivity index (χ3n) is 3.64. The molecule has 0 fully saturated rings. The van der Waals surface area contributed by atoms with Crippen molar-refractivity contribution in [2.45, 2.75) is 25.6 Å². The van der Waals surface area contributed by atoms with Crippen molar-refractivity contribution in [3.63, 3.8) is 0 Å². The van der Waals surface area contributed by atoms with Crippen LogP contribution in [-0.4, -0.2) is 15.6 Å². The quantitative estimate of drug-likeness (QED) is 0.758. The standard InChI is InChI=1S/C16H12BrF4NO3/c1-2-9-11(16(19,20)21)5-6-22(14(9)23)13(15(24)25)10-7-8(17)3-4-12(10)18/h3-7,13H,2H2,1H3,(H,24,25). The van der Waals surface area contributed by atoms with Gasteiger partial charge in [0.2, 0.25) is 0 Å². The number of pyridine rings is 1. The van der Waals surface area contributed by atoms with E-state index < -0.39 is 40.7 Å². The highest BCUT2D eigenvalue weighted by Crippen LogP contribution is 2.32. The lowest BCUT2D eigenvalue weighted by Crippen LogP contribution is -2.34. The molecule has 0 aliphatic rings. The molecule has 4 nitrogen and oxygen atoms in total. The maximum atomic E-state index is 14.1. The van der Waals surface area contributed by atoms with Crippen LogP contribution in [0.25, 0.3) is 0 Å². The molecule has 0 spiro atoms. The Kier molecular flexibility index (Phi) is 5.36. The summed E-state index contributed by atoms with van der Waals surface area (Å²) in [5.41, 5.74) is -3.17. The van der Waals surface area contributed by atoms with Crippen molar-refractivity contribution in [2.24, 2.45) is 0 Å². The van der Waals surface area contributed by atoms with E-state index in [4.69, 9.17) is 0 Å². The van der Waals surface area contributed by atoms with Crippen LogP contribution in [0, 0.1) is 5.82 Å². The number of carbonyl (C=O) groups is 1. The van der Waals surface area contributed by atoms with E-state index in [9.17, 15) is 32.3 Å². The Morgan fingerprint density at radius 3 is 2.48 bits per heavy atom. The van der Waals surface area contributed by atoms with E-state index >= 15 is 0 Å². The third-order valence-corrected chi connectivity index (χ3v) is 4.14. The first-order chi connectivity index (χ1) is 11.6. The first-order valence-electron chi connectivity index (χ1n) is 7.06. The van der Waals surface area contributed by atoms with E-state index in [2.05, 4.69) is 15.9 Å². The number of hydrogen-bond acceptors (Lipinski definition) is 2. The Balaban J connectivity index is 2.75. The first kappa shape index (κ1) is 19.2. The van der Waals surface area contributed by atoms with E-state index in [1.807, 2.05) is 0 Å². The van der Waals surface area contributed by atoms with Gasteiger partial charge in [0.25, 0.3) is 5.56 Å². The van der Waals surface area contributed by atoms with Gasteiger partial charge in [-0.05, 0) is 30.7 Å². The molecule has 9 heteroatoms. The molecular weight excluding hydrogens is 410 g/mol. The predicted octanol–water partition coefficient (Wildman–Crippen LogP) is 4.01. The Labute approximate surface area is 147 Å². The van der Waals surface area contributed by atoms with Gasteiger partial charge in [-0.25, -0.2) is 9.18 Å². The summed E-state index contributed by atoms with van der Waals surface area (Å²) in [6, 6.07) is 2.35. The molecule has 0 aliphatic carbocycles. The monoisotopic (exact) mass is 421 g/mol. The molecule has 134 valence electrons. The van der Waals surface area contributed by atoms with Crippen molar-refractivity contribution in [2.75, 3.05) is 0 Å². The molecule has 1 atom stereocenters. The van der Waals surface area contributed by atoms with Crippen LogP contribution >= 0.6 is 15.9 Å². The Bertz CT molecular complexity index is 877. The molecule has 1 heterocycles. The molecule has 25 heavy (non-hydrogen) atoms. The highest BCUT2D eigenvalue weighted by Gasteiger charge is 2.36. The lowest BCUT2D eigenvalue weighted by molar-refractivity contribution is -0.139. The van der Waals surface area contributed by atoms with Crippen molar-refractivity contribution in [3.8, 4) is 0 Å².